The Labute approximate surface area is 98.3 Å². The molecule has 0 radical (unpaired) electrons. The van der Waals surface area contributed by atoms with Crippen LogP contribution >= 0.6 is 11.6 Å². The Morgan fingerprint density at radius 2 is 2.25 bits per heavy atom. The molecule has 5 heteroatoms. The number of halogens is 1. The van der Waals surface area contributed by atoms with Gasteiger partial charge in [-0.05, 0) is 18.6 Å². The quantitative estimate of drug-likeness (QED) is 0.824. The van der Waals surface area contributed by atoms with Crippen LogP contribution in [0, 0.1) is 0 Å². The van der Waals surface area contributed by atoms with Crippen molar-refractivity contribution in [1.29, 1.82) is 0 Å². The van der Waals surface area contributed by atoms with Gasteiger partial charge in [-0.1, -0.05) is 23.7 Å². The van der Waals surface area contributed by atoms with Crippen molar-refractivity contribution in [3.8, 4) is 11.4 Å². The van der Waals surface area contributed by atoms with E-state index in [1.165, 1.54) is 0 Å². The van der Waals surface area contributed by atoms with Gasteiger partial charge in [-0.15, -0.1) is 10.2 Å². The minimum absolute atomic E-state index is 0.721. The minimum atomic E-state index is 0.721. The highest BCUT2D eigenvalue weighted by atomic mass is 35.5. The van der Waals surface area contributed by atoms with Crippen LogP contribution in [0.25, 0.3) is 11.4 Å². The van der Waals surface area contributed by atoms with Crippen LogP contribution in [0.5, 0.6) is 0 Å². The van der Waals surface area contributed by atoms with E-state index in [1.807, 2.05) is 24.3 Å². The minimum Gasteiger partial charge on any atom is -0.354 e. The zero-order chi connectivity index (χ0) is 11.0. The molecule has 0 saturated carbocycles. The van der Waals surface area contributed by atoms with Crippen LogP contribution in [-0.4, -0.2) is 21.3 Å². The maximum absolute atomic E-state index is 5.97. The maximum atomic E-state index is 5.97. The Bertz CT molecular complexity index is 520. The first kappa shape index (κ1) is 9.66. The van der Waals surface area contributed by atoms with Gasteiger partial charge in [-0.25, -0.2) is 0 Å². The Hall–Kier alpha value is -1.55. The smallest absolute Gasteiger partial charge is 0.224 e. The summed E-state index contributed by atoms with van der Waals surface area (Å²) in [5.74, 6) is 1.73. The van der Waals surface area contributed by atoms with Crippen LogP contribution in [0.4, 0.5) is 5.95 Å². The topological polar surface area (TPSA) is 42.7 Å². The van der Waals surface area contributed by atoms with Crippen LogP contribution < -0.4 is 5.32 Å². The summed E-state index contributed by atoms with van der Waals surface area (Å²) >= 11 is 5.97. The largest absolute Gasteiger partial charge is 0.354 e. The van der Waals surface area contributed by atoms with E-state index in [9.17, 15) is 0 Å². The molecule has 0 amide bonds. The van der Waals surface area contributed by atoms with Crippen molar-refractivity contribution in [3.63, 3.8) is 0 Å². The van der Waals surface area contributed by atoms with E-state index < -0.39 is 0 Å². The standard InChI is InChI=1S/C11H11ClN4/c12-9-4-1-3-8(7-9)10-14-15-11-13-5-2-6-16(10)11/h1,3-4,7H,2,5-6H2,(H,13,15). The predicted molar refractivity (Wildman–Crippen MR) is 63.6 cm³/mol. The van der Waals surface area contributed by atoms with Crippen LogP contribution in [0.2, 0.25) is 5.02 Å². The lowest BCUT2D eigenvalue weighted by molar-refractivity contribution is 0.631. The van der Waals surface area contributed by atoms with E-state index in [0.29, 0.717) is 0 Å². The van der Waals surface area contributed by atoms with Crippen LogP contribution in [0.1, 0.15) is 6.42 Å². The average Bonchev–Trinajstić information content (AvgIpc) is 2.72. The third kappa shape index (κ3) is 1.55. The summed E-state index contributed by atoms with van der Waals surface area (Å²) in [4.78, 5) is 0. The highest BCUT2D eigenvalue weighted by Gasteiger charge is 2.16. The molecular formula is C11H11ClN4. The van der Waals surface area contributed by atoms with E-state index in [2.05, 4.69) is 20.1 Å². The summed E-state index contributed by atoms with van der Waals surface area (Å²) in [5, 5.41) is 12.3. The van der Waals surface area contributed by atoms with Crippen molar-refractivity contribution >= 4 is 17.5 Å². The van der Waals surface area contributed by atoms with Crippen LogP contribution in [0.15, 0.2) is 24.3 Å². The van der Waals surface area contributed by atoms with Crippen molar-refractivity contribution in [2.24, 2.45) is 0 Å². The molecule has 16 heavy (non-hydrogen) atoms. The highest BCUT2D eigenvalue weighted by Crippen LogP contribution is 2.24. The molecule has 0 unspecified atom stereocenters. The zero-order valence-corrected chi connectivity index (χ0v) is 9.41. The molecule has 1 aliphatic heterocycles. The number of benzene rings is 1. The first-order valence-electron chi connectivity index (χ1n) is 5.27. The molecule has 0 bridgehead atoms. The number of hydrogen-bond donors (Lipinski definition) is 1. The van der Waals surface area contributed by atoms with Gasteiger partial charge in [0.2, 0.25) is 5.95 Å². The molecular weight excluding hydrogens is 224 g/mol. The fourth-order valence-corrected chi connectivity index (χ4v) is 2.11. The Kier molecular flexibility index (Phi) is 2.29. The highest BCUT2D eigenvalue weighted by molar-refractivity contribution is 6.30. The summed E-state index contributed by atoms with van der Waals surface area (Å²) in [6, 6.07) is 7.69. The summed E-state index contributed by atoms with van der Waals surface area (Å²) in [6.45, 7) is 1.92. The second kappa shape index (κ2) is 3.79. The third-order valence-corrected chi connectivity index (χ3v) is 2.91. The molecule has 1 N–H and O–H groups in total. The molecule has 1 aromatic carbocycles. The number of nitrogens with one attached hydrogen (secondary N) is 1. The molecule has 1 aromatic heterocycles. The van der Waals surface area contributed by atoms with E-state index in [4.69, 9.17) is 11.6 Å². The first-order chi connectivity index (χ1) is 7.84. The van der Waals surface area contributed by atoms with Crippen LogP contribution in [-0.2, 0) is 6.54 Å². The molecule has 0 spiro atoms. The monoisotopic (exact) mass is 234 g/mol. The molecule has 0 saturated heterocycles. The summed E-state index contributed by atoms with van der Waals surface area (Å²) < 4.78 is 2.09. The van der Waals surface area contributed by atoms with Gasteiger partial charge in [0.05, 0.1) is 0 Å². The number of hydrogen-bond acceptors (Lipinski definition) is 3. The SMILES string of the molecule is Clc1cccc(-c2nnc3n2CCCN3)c1. The lowest BCUT2D eigenvalue weighted by Crippen LogP contribution is -2.17. The van der Waals surface area contributed by atoms with Gasteiger partial charge in [0.25, 0.3) is 0 Å². The Morgan fingerprint density at radius 1 is 1.31 bits per heavy atom. The molecule has 0 aliphatic carbocycles. The predicted octanol–water partition coefficient (Wildman–Crippen LogP) is 2.41. The first-order valence-corrected chi connectivity index (χ1v) is 5.65. The molecule has 82 valence electrons. The van der Waals surface area contributed by atoms with Crippen molar-refractivity contribution in [2.75, 3.05) is 11.9 Å². The fraction of sp³-hybridized carbons (Fsp3) is 0.273. The van der Waals surface area contributed by atoms with Gasteiger partial charge in [-0.3, -0.25) is 4.57 Å². The number of fused-ring (bicyclic) bond motifs is 1. The fourth-order valence-electron chi connectivity index (χ4n) is 1.92. The average molecular weight is 235 g/mol. The van der Waals surface area contributed by atoms with Crippen molar-refractivity contribution in [2.45, 2.75) is 13.0 Å². The van der Waals surface area contributed by atoms with E-state index in [1.54, 1.807) is 0 Å². The van der Waals surface area contributed by atoms with Crippen molar-refractivity contribution in [1.82, 2.24) is 14.8 Å². The summed E-state index contributed by atoms with van der Waals surface area (Å²) in [7, 11) is 0. The molecule has 2 heterocycles. The number of nitrogens with zero attached hydrogens (tertiary/aromatic N) is 3. The van der Waals surface area contributed by atoms with Gasteiger partial charge in [0.1, 0.15) is 0 Å². The van der Waals surface area contributed by atoms with Gasteiger partial charge in [0, 0.05) is 23.7 Å². The summed E-state index contributed by atoms with van der Waals surface area (Å²) in [5.41, 5.74) is 1.01. The van der Waals surface area contributed by atoms with E-state index >= 15 is 0 Å². The number of aromatic nitrogens is 3. The molecule has 4 nitrogen and oxygen atoms in total. The van der Waals surface area contributed by atoms with Gasteiger partial charge >= 0.3 is 0 Å². The van der Waals surface area contributed by atoms with E-state index in [0.717, 1.165) is 41.9 Å². The molecule has 1 aliphatic rings. The van der Waals surface area contributed by atoms with Crippen molar-refractivity contribution in [3.05, 3.63) is 29.3 Å². The van der Waals surface area contributed by atoms with Gasteiger partial charge < -0.3 is 5.32 Å². The lowest BCUT2D eigenvalue weighted by atomic mass is 10.2. The Balaban J connectivity index is 2.09. The summed E-state index contributed by atoms with van der Waals surface area (Å²) in [6.07, 6.45) is 1.10. The number of anilines is 1. The van der Waals surface area contributed by atoms with E-state index in [-0.39, 0.29) is 0 Å². The third-order valence-electron chi connectivity index (χ3n) is 2.68. The maximum Gasteiger partial charge on any atom is 0.224 e. The Morgan fingerprint density at radius 3 is 3.12 bits per heavy atom. The normalized spacial score (nSPS) is 14.3. The zero-order valence-electron chi connectivity index (χ0n) is 8.65. The second-order valence-electron chi connectivity index (χ2n) is 3.79. The molecule has 0 fully saturated rings. The van der Waals surface area contributed by atoms with Crippen molar-refractivity contribution < 1.29 is 0 Å². The number of rotatable bonds is 1. The van der Waals surface area contributed by atoms with Gasteiger partial charge in [-0.2, -0.15) is 0 Å². The molecule has 3 rings (SSSR count). The molecule has 0 atom stereocenters. The second-order valence-corrected chi connectivity index (χ2v) is 4.23. The lowest BCUT2D eigenvalue weighted by Gasteiger charge is -2.16. The molecule has 2 aromatic rings. The van der Waals surface area contributed by atoms with Gasteiger partial charge in [0.15, 0.2) is 5.82 Å². The van der Waals surface area contributed by atoms with Crippen LogP contribution in [0.3, 0.4) is 0 Å².